The van der Waals surface area contributed by atoms with Gasteiger partial charge in [0.2, 0.25) is 5.95 Å². The minimum atomic E-state index is -0.224. The summed E-state index contributed by atoms with van der Waals surface area (Å²) >= 11 is 0. The molecule has 0 spiro atoms. The van der Waals surface area contributed by atoms with Crippen molar-refractivity contribution >= 4 is 5.82 Å². The summed E-state index contributed by atoms with van der Waals surface area (Å²) in [6, 6.07) is 6.72. The molecule has 7 nitrogen and oxygen atoms in total. The summed E-state index contributed by atoms with van der Waals surface area (Å²) in [7, 11) is 0. The van der Waals surface area contributed by atoms with E-state index in [9.17, 15) is 4.79 Å². The predicted octanol–water partition coefficient (Wildman–Crippen LogP) is 1.75. The second-order valence-corrected chi connectivity index (χ2v) is 4.65. The third-order valence-corrected chi connectivity index (χ3v) is 3.00. The van der Waals surface area contributed by atoms with Crippen LogP contribution in [0.15, 0.2) is 39.7 Å². The van der Waals surface area contributed by atoms with Crippen LogP contribution in [0.2, 0.25) is 0 Å². The first kappa shape index (κ1) is 13.2. The number of aromatic nitrogens is 4. The van der Waals surface area contributed by atoms with Crippen molar-refractivity contribution in [1.29, 1.82) is 0 Å². The minimum absolute atomic E-state index is 0.224. The SMILES string of the molecule is CCCc1cc(=O)[nH]c(-n2nc(-c3ccco3)cc2N)n1. The number of hydrogen-bond donors (Lipinski definition) is 2. The maximum atomic E-state index is 11.7. The van der Waals surface area contributed by atoms with E-state index in [-0.39, 0.29) is 5.56 Å². The number of nitrogen functional groups attached to an aromatic ring is 1. The largest absolute Gasteiger partial charge is 0.463 e. The van der Waals surface area contributed by atoms with Gasteiger partial charge in [-0.2, -0.15) is 9.78 Å². The molecule has 7 heteroatoms. The van der Waals surface area contributed by atoms with Gasteiger partial charge in [0, 0.05) is 17.8 Å². The van der Waals surface area contributed by atoms with Crippen molar-refractivity contribution < 1.29 is 4.42 Å². The Hall–Kier alpha value is -2.83. The van der Waals surface area contributed by atoms with Gasteiger partial charge in [0.05, 0.1) is 6.26 Å². The van der Waals surface area contributed by atoms with Crippen LogP contribution in [0.3, 0.4) is 0 Å². The molecule has 3 N–H and O–H groups in total. The molecule has 0 unspecified atom stereocenters. The Morgan fingerprint density at radius 1 is 1.43 bits per heavy atom. The lowest BCUT2D eigenvalue weighted by atomic mass is 10.2. The fraction of sp³-hybridized carbons (Fsp3) is 0.214. The number of nitrogens with zero attached hydrogens (tertiary/aromatic N) is 3. The number of rotatable bonds is 4. The third-order valence-electron chi connectivity index (χ3n) is 3.00. The molecule has 3 rings (SSSR count). The van der Waals surface area contributed by atoms with E-state index in [1.807, 2.05) is 6.92 Å². The van der Waals surface area contributed by atoms with Gasteiger partial charge in [-0.05, 0) is 18.6 Å². The Bertz CT molecular complexity index is 801. The van der Waals surface area contributed by atoms with Gasteiger partial charge < -0.3 is 10.2 Å². The molecule has 3 heterocycles. The van der Waals surface area contributed by atoms with Crippen LogP contribution in [0.5, 0.6) is 0 Å². The topological polar surface area (TPSA) is 103 Å². The molecule has 0 aliphatic heterocycles. The highest BCUT2D eigenvalue weighted by atomic mass is 16.3. The van der Waals surface area contributed by atoms with Crippen LogP contribution in [0.1, 0.15) is 19.0 Å². The number of anilines is 1. The monoisotopic (exact) mass is 285 g/mol. The van der Waals surface area contributed by atoms with Crippen molar-refractivity contribution in [3.8, 4) is 17.4 Å². The number of furan rings is 1. The summed E-state index contributed by atoms with van der Waals surface area (Å²) < 4.78 is 6.69. The van der Waals surface area contributed by atoms with Gasteiger partial charge in [-0.15, -0.1) is 0 Å². The molecule has 0 aromatic carbocycles. The summed E-state index contributed by atoms with van der Waals surface area (Å²) in [5.74, 6) is 1.28. The van der Waals surface area contributed by atoms with Crippen LogP contribution in [0.25, 0.3) is 17.4 Å². The molecule has 0 saturated heterocycles. The van der Waals surface area contributed by atoms with E-state index in [0.717, 1.165) is 12.8 Å². The van der Waals surface area contributed by atoms with Gasteiger partial charge in [-0.1, -0.05) is 13.3 Å². The van der Waals surface area contributed by atoms with E-state index in [1.54, 1.807) is 24.5 Å². The Morgan fingerprint density at radius 3 is 3.00 bits per heavy atom. The number of H-pyrrole nitrogens is 1. The number of aryl methyl sites for hydroxylation is 1. The molecule has 0 saturated carbocycles. The molecule has 0 bridgehead atoms. The molecule has 0 fully saturated rings. The second kappa shape index (κ2) is 5.28. The van der Waals surface area contributed by atoms with Gasteiger partial charge >= 0.3 is 0 Å². The highest BCUT2D eigenvalue weighted by Crippen LogP contribution is 2.21. The zero-order valence-corrected chi connectivity index (χ0v) is 11.5. The summed E-state index contributed by atoms with van der Waals surface area (Å²) in [5, 5.41) is 4.33. The molecule has 0 aliphatic rings. The predicted molar refractivity (Wildman–Crippen MR) is 78.1 cm³/mol. The number of hydrogen-bond acceptors (Lipinski definition) is 5. The third kappa shape index (κ3) is 2.58. The molecule has 0 aliphatic carbocycles. The molecule has 3 aromatic rings. The van der Waals surface area contributed by atoms with Gasteiger partial charge in [0.1, 0.15) is 11.5 Å². The van der Waals surface area contributed by atoms with Crippen molar-refractivity contribution in [3.63, 3.8) is 0 Å². The first-order valence-electron chi connectivity index (χ1n) is 6.67. The molecule has 0 radical (unpaired) electrons. The lowest BCUT2D eigenvalue weighted by molar-refractivity contribution is 0.578. The van der Waals surface area contributed by atoms with E-state index in [4.69, 9.17) is 10.2 Å². The van der Waals surface area contributed by atoms with Crippen LogP contribution in [0.4, 0.5) is 5.82 Å². The molecule has 3 aromatic heterocycles. The summed E-state index contributed by atoms with van der Waals surface area (Å²) in [6.45, 7) is 2.03. The zero-order valence-electron chi connectivity index (χ0n) is 11.5. The van der Waals surface area contributed by atoms with Crippen molar-refractivity contribution in [2.24, 2.45) is 0 Å². The van der Waals surface area contributed by atoms with Gasteiger partial charge in [0.25, 0.3) is 5.56 Å². The number of nitrogens with two attached hydrogens (primary N) is 1. The molecule has 108 valence electrons. The average molecular weight is 285 g/mol. The zero-order chi connectivity index (χ0) is 14.8. The fourth-order valence-corrected chi connectivity index (χ4v) is 2.09. The molecule has 0 atom stereocenters. The summed E-state index contributed by atoms with van der Waals surface area (Å²) in [4.78, 5) is 18.7. The molecule has 0 amide bonds. The summed E-state index contributed by atoms with van der Waals surface area (Å²) in [6.07, 6.45) is 3.19. The Morgan fingerprint density at radius 2 is 2.29 bits per heavy atom. The Labute approximate surface area is 120 Å². The highest BCUT2D eigenvalue weighted by molar-refractivity contribution is 5.57. The molecular weight excluding hydrogens is 270 g/mol. The van der Waals surface area contributed by atoms with Crippen LogP contribution >= 0.6 is 0 Å². The lowest BCUT2D eigenvalue weighted by Gasteiger charge is -2.04. The average Bonchev–Trinajstić information content (AvgIpc) is 3.07. The van der Waals surface area contributed by atoms with Gasteiger partial charge in [-0.25, -0.2) is 4.98 Å². The quantitative estimate of drug-likeness (QED) is 0.760. The van der Waals surface area contributed by atoms with Crippen molar-refractivity contribution in [1.82, 2.24) is 19.7 Å². The smallest absolute Gasteiger partial charge is 0.252 e. The molecular formula is C14H15N5O2. The van der Waals surface area contributed by atoms with E-state index < -0.39 is 0 Å². The standard InChI is InChI=1S/C14H15N5O2/c1-2-4-9-7-13(20)17-14(16-9)19-12(15)8-10(18-19)11-5-3-6-21-11/h3,5-8H,2,4,15H2,1H3,(H,16,17,20). The number of nitrogens with one attached hydrogen (secondary N) is 1. The maximum Gasteiger partial charge on any atom is 0.252 e. The van der Waals surface area contributed by atoms with E-state index in [2.05, 4.69) is 15.1 Å². The second-order valence-electron chi connectivity index (χ2n) is 4.65. The lowest BCUT2D eigenvalue weighted by Crippen LogP contribution is -2.16. The van der Waals surface area contributed by atoms with E-state index in [1.165, 1.54) is 10.7 Å². The minimum Gasteiger partial charge on any atom is -0.463 e. The van der Waals surface area contributed by atoms with Crippen molar-refractivity contribution in [2.45, 2.75) is 19.8 Å². The van der Waals surface area contributed by atoms with Crippen molar-refractivity contribution in [2.75, 3.05) is 5.73 Å². The Kier molecular flexibility index (Phi) is 3.31. The van der Waals surface area contributed by atoms with Crippen LogP contribution in [0, 0.1) is 0 Å². The first-order chi connectivity index (χ1) is 10.2. The van der Waals surface area contributed by atoms with E-state index >= 15 is 0 Å². The highest BCUT2D eigenvalue weighted by Gasteiger charge is 2.13. The summed E-state index contributed by atoms with van der Waals surface area (Å²) in [5.41, 5.74) is 7.02. The van der Waals surface area contributed by atoms with Crippen LogP contribution in [-0.2, 0) is 6.42 Å². The maximum absolute atomic E-state index is 11.7. The van der Waals surface area contributed by atoms with Crippen molar-refractivity contribution in [3.05, 3.63) is 46.6 Å². The first-order valence-corrected chi connectivity index (χ1v) is 6.67. The van der Waals surface area contributed by atoms with Gasteiger partial charge in [-0.3, -0.25) is 9.78 Å². The normalized spacial score (nSPS) is 10.9. The fourth-order valence-electron chi connectivity index (χ4n) is 2.09. The van der Waals surface area contributed by atoms with Gasteiger partial charge in [0.15, 0.2) is 5.76 Å². The Balaban J connectivity index is 2.06. The molecule has 21 heavy (non-hydrogen) atoms. The van der Waals surface area contributed by atoms with Crippen LogP contribution < -0.4 is 11.3 Å². The van der Waals surface area contributed by atoms with Crippen LogP contribution in [-0.4, -0.2) is 19.7 Å². The van der Waals surface area contributed by atoms with E-state index in [0.29, 0.717) is 28.9 Å². The number of aromatic amines is 1.